The minimum absolute atomic E-state index is 0.0471. The third-order valence-electron chi connectivity index (χ3n) is 3.00. The van der Waals surface area contributed by atoms with Gasteiger partial charge in [-0.3, -0.25) is 5.41 Å². The van der Waals surface area contributed by atoms with Gasteiger partial charge in [0, 0.05) is 0 Å². The molecule has 1 aromatic heterocycles. The summed E-state index contributed by atoms with van der Waals surface area (Å²) < 4.78 is 5.83. The van der Waals surface area contributed by atoms with Crippen molar-refractivity contribution in [3.63, 3.8) is 0 Å². The van der Waals surface area contributed by atoms with E-state index in [0.717, 1.165) is 16.9 Å². The summed E-state index contributed by atoms with van der Waals surface area (Å²) in [6.45, 7) is 6.13. The number of rotatable bonds is 3. The predicted molar refractivity (Wildman–Crippen MR) is 76.0 cm³/mol. The molecule has 0 saturated heterocycles. The lowest BCUT2D eigenvalue weighted by Crippen LogP contribution is -2.12. The fourth-order valence-corrected chi connectivity index (χ4v) is 1.83. The third-order valence-corrected chi connectivity index (χ3v) is 3.00. The van der Waals surface area contributed by atoms with E-state index in [4.69, 9.17) is 15.9 Å². The Morgan fingerprint density at radius 1 is 1.21 bits per heavy atom. The topological polar surface area (TPSA) is 72.0 Å². The van der Waals surface area contributed by atoms with E-state index < -0.39 is 0 Å². The summed E-state index contributed by atoms with van der Waals surface area (Å²) in [6.07, 6.45) is 1.58. The Hall–Kier alpha value is -2.36. The van der Waals surface area contributed by atoms with Crippen LogP contribution in [0.2, 0.25) is 0 Å². The fourth-order valence-electron chi connectivity index (χ4n) is 1.83. The minimum Gasteiger partial charge on any atom is -0.455 e. The molecule has 19 heavy (non-hydrogen) atoms. The largest absolute Gasteiger partial charge is 0.455 e. The quantitative estimate of drug-likeness (QED) is 0.654. The summed E-state index contributed by atoms with van der Waals surface area (Å²) in [4.78, 5) is 4.07. The monoisotopic (exact) mass is 255 g/mol. The summed E-state index contributed by atoms with van der Waals surface area (Å²) in [5, 5.41) is 7.29. The Morgan fingerprint density at radius 3 is 2.53 bits per heavy atom. The van der Waals surface area contributed by atoms with Gasteiger partial charge in [0.2, 0.25) is 0 Å². The summed E-state index contributed by atoms with van der Waals surface area (Å²) in [5.74, 6) is 1.42. The molecule has 0 atom stereocenters. The van der Waals surface area contributed by atoms with Gasteiger partial charge in [-0.15, -0.1) is 0 Å². The second-order valence-electron chi connectivity index (χ2n) is 4.60. The minimum atomic E-state index is -0.0471. The van der Waals surface area contributed by atoms with Crippen LogP contribution < -0.4 is 10.5 Å². The first-order valence-corrected chi connectivity index (χ1v) is 6.03. The van der Waals surface area contributed by atoms with E-state index in [0.29, 0.717) is 11.4 Å². The van der Waals surface area contributed by atoms with Crippen LogP contribution in [0.1, 0.15) is 22.4 Å². The van der Waals surface area contributed by atoms with Crippen molar-refractivity contribution in [1.29, 1.82) is 5.41 Å². The highest BCUT2D eigenvalue weighted by atomic mass is 16.5. The predicted octanol–water partition coefficient (Wildman–Crippen LogP) is 3.08. The molecule has 98 valence electrons. The molecule has 0 aliphatic heterocycles. The third kappa shape index (κ3) is 2.91. The van der Waals surface area contributed by atoms with Crippen LogP contribution in [0.4, 0.5) is 0 Å². The first-order chi connectivity index (χ1) is 8.97. The van der Waals surface area contributed by atoms with Gasteiger partial charge < -0.3 is 10.5 Å². The average molecular weight is 255 g/mol. The molecule has 4 nitrogen and oxygen atoms in total. The van der Waals surface area contributed by atoms with Crippen LogP contribution in [0, 0.1) is 26.2 Å². The van der Waals surface area contributed by atoms with Crippen molar-refractivity contribution >= 4 is 5.84 Å². The maximum Gasteiger partial charge on any atom is 0.145 e. The maximum absolute atomic E-state index is 7.29. The van der Waals surface area contributed by atoms with Crippen LogP contribution in [0.5, 0.6) is 11.5 Å². The Kier molecular flexibility index (Phi) is 3.51. The average Bonchev–Trinajstić information content (AvgIpc) is 2.36. The number of nitrogens with two attached hydrogens (primary N) is 1. The molecule has 2 aromatic rings. The molecule has 0 aliphatic carbocycles. The second-order valence-corrected chi connectivity index (χ2v) is 4.60. The van der Waals surface area contributed by atoms with E-state index in [9.17, 15) is 0 Å². The Labute approximate surface area is 112 Å². The second kappa shape index (κ2) is 5.10. The number of pyridine rings is 1. The molecule has 0 bridgehead atoms. The first kappa shape index (κ1) is 13.1. The molecule has 0 radical (unpaired) electrons. The van der Waals surface area contributed by atoms with Crippen LogP contribution in [0.25, 0.3) is 0 Å². The van der Waals surface area contributed by atoms with E-state index in [-0.39, 0.29) is 5.84 Å². The van der Waals surface area contributed by atoms with Gasteiger partial charge in [0.15, 0.2) is 0 Å². The van der Waals surface area contributed by atoms with Crippen LogP contribution in [-0.2, 0) is 0 Å². The Bertz CT molecular complexity index is 618. The van der Waals surface area contributed by atoms with Crippen molar-refractivity contribution in [2.75, 3.05) is 0 Å². The highest BCUT2D eigenvalue weighted by molar-refractivity contribution is 5.92. The van der Waals surface area contributed by atoms with Crippen LogP contribution >= 0.6 is 0 Å². The molecule has 0 saturated carbocycles. The van der Waals surface area contributed by atoms with Crippen molar-refractivity contribution in [3.8, 4) is 11.5 Å². The lowest BCUT2D eigenvalue weighted by atomic mass is 10.1. The number of amidine groups is 1. The van der Waals surface area contributed by atoms with Gasteiger partial charge >= 0.3 is 0 Å². The van der Waals surface area contributed by atoms with Gasteiger partial charge in [-0.1, -0.05) is 6.07 Å². The van der Waals surface area contributed by atoms with E-state index in [2.05, 4.69) is 18.0 Å². The zero-order chi connectivity index (χ0) is 14.0. The molecule has 0 spiro atoms. The number of hydrogen-bond acceptors (Lipinski definition) is 3. The van der Waals surface area contributed by atoms with Crippen molar-refractivity contribution < 1.29 is 4.74 Å². The smallest absolute Gasteiger partial charge is 0.145 e. The molecule has 0 fully saturated rings. The molecule has 1 aromatic carbocycles. The Balaban J connectivity index is 2.28. The SMILES string of the molecule is Cc1cc(C)c(C)c(Oc2ccc(C(=N)N)nc2)c1. The standard InChI is InChI=1S/C15H17N3O/c1-9-6-10(2)11(3)14(7-9)19-12-4-5-13(15(16)17)18-8-12/h4-8H,1-3H3,(H3,16,17). The van der Waals surface area contributed by atoms with Gasteiger partial charge in [-0.25, -0.2) is 4.98 Å². The van der Waals surface area contributed by atoms with Gasteiger partial charge in [0.05, 0.1) is 6.20 Å². The molecular formula is C15H17N3O. The molecule has 1 heterocycles. The van der Waals surface area contributed by atoms with E-state index in [1.807, 2.05) is 19.9 Å². The molecule has 0 amide bonds. The summed E-state index contributed by atoms with van der Waals surface area (Å²) in [7, 11) is 0. The summed E-state index contributed by atoms with van der Waals surface area (Å²) in [5.41, 5.74) is 9.28. The van der Waals surface area contributed by atoms with E-state index in [1.54, 1.807) is 18.3 Å². The van der Waals surface area contributed by atoms with E-state index >= 15 is 0 Å². The van der Waals surface area contributed by atoms with Gasteiger partial charge in [-0.05, 0) is 55.7 Å². The number of ether oxygens (including phenoxy) is 1. The van der Waals surface area contributed by atoms with Crippen LogP contribution in [-0.4, -0.2) is 10.8 Å². The maximum atomic E-state index is 7.29. The Morgan fingerprint density at radius 2 is 1.95 bits per heavy atom. The summed E-state index contributed by atoms with van der Waals surface area (Å²) in [6, 6.07) is 7.57. The van der Waals surface area contributed by atoms with Crippen molar-refractivity contribution in [3.05, 3.63) is 52.8 Å². The molecule has 0 unspecified atom stereocenters. The van der Waals surface area contributed by atoms with Crippen LogP contribution in [0.15, 0.2) is 30.5 Å². The number of nitrogens with zero attached hydrogens (tertiary/aromatic N) is 1. The number of aryl methyl sites for hydroxylation is 2. The van der Waals surface area contributed by atoms with Crippen LogP contribution in [0.3, 0.4) is 0 Å². The van der Waals surface area contributed by atoms with Gasteiger partial charge in [0.25, 0.3) is 0 Å². The van der Waals surface area contributed by atoms with Gasteiger partial charge in [-0.2, -0.15) is 0 Å². The highest BCUT2D eigenvalue weighted by Crippen LogP contribution is 2.28. The normalized spacial score (nSPS) is 10.3. The molecule has 4 heteroatoms. The lowest BCUT2D eigenvalue weighted by molar-refractivity contribution is 0.475. The van der Waals surface area contributed by atoms with Crippen molar-refractivity contribution in [1.82, 2.24) is 4.98 Å². The zero-order valence-corrected chi connectivity index (χ0v) is 11.3. The number of aromatic nitrogens is 1. The lowest BCUT2D eigenvalue weighted by Gasteiger charge is -2.12. The van der Waals surface area contributed by atoms with Crippen molar-refractivity contribution in [2.45, 2.75) is 20.8 Å². The molecular weight excluding hydrogens is 238 g/mol. The zero-order valence-electron chi connectivity index (χ0n) is 11.3. The number of hydrogen-bond donors (Lipinski definition) is 2. The van der Waals surface area contributed by atoms with Gasteiger partial charge in [0.1, 0.15) is 23.0 Å². The highest BCUT2D eigenvalue weighted by Gasteiger charge is 2.06. The van der Waals surface area contributed by atoms with Crippen molar-refractivity contribution in [2.24, 2.45) is 5.73 Å². The molecule has 2 rings (SSSR count). The summed E-state index contributed by atoms with van der Waals surface area (Å²) >= 11 is 0. The number of nitrogens with one attached hydrogen (secondary N) is 1. The molecule has 0 aliphatic rings. The molecule has 3 N–H and O–H groups in total. The fraction of sp³-hybridized carbons (Fsp3) is 0.200. The first-order valence-electron chi connectivity index (χ1n) is 6.03. The number of nitrogen functional groups attached to an aromatic ring is 1. The number of benzene rings is 1. The van der Waals surface area contributed by atoms with E-state index in [1.165, 1.54) is 5.56 Å².